The van der Waals surface area contributed by atoms with Gasteiger partial charge in [0.25, 0.3) is 0 Å². The molecule has 1 saturated heterocycles. The van der Waals surface area contributed by atoms with E-state index >= 15 is 0 Å². The first-order valence-electron chi connectivity index (χ1n) is 6.91. The van der Waals surface area contributed by atoms with Crippen LogP contribution in [-0.2, 0) is 9.47 Å². The summed E-state index contributed by atoms with van der Waals surface area (Å²) in [6.45, 7) is 11.4. The summed E-state index contributed by atoms with van der Waals surface area (Å²) in [4.78, 5) is 0. The molecule has 1 aliphatic carbocycles. The summed E-state index contributed by atoms with van der Waals surface area (Å²) in [5.41, 5.74) is 0.146. The van der Waals surface area contributed by atoms with Gasteiger partial charge < -0.3 is 9.47 Å². The minimum absolute atomic E-state index is 0.146. The molecular weight excluding hydrogens is 212 g/mol. The summed E-state index contributed by atoms with van der Waals surface area (Å²) < 4.78 is 12.4. The first-order valence-corrected chi connectivity index (χ1v) is 6.91. The van der Waals surface area contributed by atoms with Crippen molar-refractivity contribution in [3.8, 4) is 0 Å². The van der Waals surface area contributed by atoms with Crippen molar-refractivity contribution < 1.29 is 9.47 Å². The molecule has 2 atom stereocenters. The highest BCUT2D eigenvalue weighted by atomic mass is 16.7. The van der Waals surface area contributed by atoms with E-state index in [1.165, 1.54) is 19.3 Å². The third-order valence-electron chi connectivity index (χ3n) is 4.04. The second-order valence-electron chi connectivity index (χ2n) is 6.59. The van der Waals surface area contributed by atoms with Crippen molar-refractivity contribution in [2.24, 2.45) is 11.3 Å². The van der Waals surface area contributed by atoms with E-state index in [1.54, 1.807) is 0 Å². The molecule has 0 aromatic rings. The summed E-state index contributed by atoms with van der Waals surface area (Å²) in [5.74, 6) is 0.0398. The summed E-state index contributed by atoms with van der Waals surface area (Å²) >= 11 is 0. The molecule has 2 nitrogen and oxygen atoms in total. The van der Waals surface area contributed by atoms with E-state index in [4.69, 9.17) is 9.47 Å². The minimum Gasteiger partial charge on any atom is -0.349 e. The Kier molecular flexibility index (Phi) is 3.65. The predicted molar refractivity (Wildman–Crippen MR) is 69.8 cm³/mol. The van der Waals surface area contributed by atoms with Gasteiger partial charge in [-0.05, 0) is 18.3 Å². The van der Waals surface area contributed by atoms with Crippen LogP contribution in [0.5, 0.6) is 0 Å². The second kappa shape index (κ2) is 4.74. The molecule has 1 spiro atoms. The molecule has 2 aliphatic rings. The topological polar surface area (TPSA) is 18.5 Å². The maximum atomic E-state index is 6.39. The van der Waals surface area contributed by atoms with Gasteiger partial charge in [-0.1, -0.05) is 33.3 Å². The smallest absolute Gasteiger partial charge is 0.168 e. The van der Waals surface area contributed by atoms with Crippen molar-refractivity contribution in [1.82, 2.24) is 0 Å². The van der Waals surface area contributed by atoms with E-state index in [0.717, 1.165) is 19.4 Å². The fourth-order valence-corrected chi connectivity index (χ4v) is 3.05. The van der Waals surface area contributed by atoms with Crippen LogP contribution in [0.4, 0.5) is 0 Å². The Balaban J connectivity index is 2.13. The molecule has 0 bridgehead atoms. The lowest BCUT2D eigenvalue weighted by Crippen LogP contribution is -2.53. The monoisotopic (exact) mass is 238 g/mol. The van der Waals surface area contributed by atoms with Gasteiger partial charge in [0.2, 0.25) is 0 Å². The maximum Gasteiger partial charge on any atom is 0.168 e. The number of hydrogen-bond donors (Lipinski definition) is 0. The van der Waals surface area contributed by atoms with Crippen molar-refractivity contribution in [2.75, 3.05) is 6.61 Å². The Bertz CT molecular complexity index is 271. The molecule has 1 saturated carbocycles. The summed E-state index contributed by atoms with van der Waals surface area (Å²) in [6, 6.07) is 0. The second-order valence-corrected chi connectivity index (χ2v) is 6.59. The molecule has 0 amide bonds. The van der Waals surface area contributed by atoms with Crippen LogP contribution in [0.15, 0.2) is 12.7 Å². The van der Waals surface area contributed by atoms with E-state index in [0.29, 0.717) is 5.92 Å². The first kappa shape index (κ1) is 13.1. The van der Waals surface area contributed by atoms with Crippen molar-refractivity contribution >= 4 is 0 Å². The van der Waals surface area contributed by atoms with E-state index in [9.17, 15) is 0 Å². The lowest BCUT2D eigenvalue weighted by molar-refractivity contribution is -0.331. The van der Waals surface area contributed by atoms with Gasteiger partial charge in [0.05, 0.1) is 12.7 Å². The van der Waals surface area contributed by atoms with Crippen molar-refractivity contribution in [3.63, 3.8) is 0 Å². The Hall–Kier alpha value is -0.340. The fraction of sp³-hybridized carbons (Fsp3) is 0.867. The van der Waals surface area contributed by atoms with Crippen LogP contribution in [-0.4, -0.2) is 18.5 Å². The fourth-order valence-electron chi connectivity index (χ4n) is 3.05. The highest BCUT2D eigenvalue weighted by Crippen LogP contribution is 2.43. The SMILES string of the molecule is C=C[C@H]1COC2(CCCCC2)O[C@@H]1C(C)(C)C. The zero-order valence-corrected chi connectivity index (χ0v) is 11.5. The van der Waals surface area contributed by atoms with Gasteiger partial charge >= 0.3 is 0 Å². The summed E-state index contributed by atoms with van der Waals surface area (Å²) in [7, 11) is 0. The van der Waals surface area contributed by atoms with Gasteiger partial charge in [0.15, 0.2) is 5.79 Å². The summed E-state index contributed by atoms with van der Waals surface area (Å²) in [6.07, 6.45) is 8.12. The van der Waals surface area contributed by atoms with Gasteiger partial charge in [-0.15, -0.1) is 6.58 Å². The minimum atomic E-state index is -0.282. The molecular formula is C15H26O2. The highest BCUT2D eigenvalue weighted by Gasteiger charge is 2.46. The predicted octanol–water partition coefficient (Wildman–Crippen LogP) is 3.91. The third-order valence-corrected chi connectivity index (χ3v) is 4.04. The van der Waals surface area contributed by atoms with Crippen LogP contribution < -0.4 is 0 Å². The van der Waals surface area contributed by atoms with Gasteiger partial charge in [-0.3, -0.25) is 0 Å². The maximum absolute atomic E-state index is 6.39. The molecule has 17 heavy (non-hydrogen) atoms. The van der Waals surface area contributed by atoms with Crippen LogP contribution in [0, 0.1) is 11.3 Å². The molecule has 98 valence electrons. The van der Waals surface area contributed by atoms with Crippen LogP contribution >= 0.6 is 0 Å². The molecule has 0 radical (unpaired) electrons. The van der Waals surface area contributed by atoms with E-state index in [-0.39, 0.29) is 17.3 Å². The van der Waals surface area contributed by atoms with Crippen molar-refractivity contribution in [1.29, 1.82) is 0 Å². The number of rotatable bonds is 1. The highest BCUT2D eigenvalue weighted by molar-refractivity contribution is 4.96. The Morgan fingerprint density at radius 2 is 1.82 bits per heavy atom. The first-order chi connectivity index (χ1) is 7.97. The van der Waals surface area contributed by atoms with Gasteiger partial charge in [0.1, 0.15) is 0 Å². The largest absolute Gasteiger partial charge is 0.349 e. The van der Waals surface area contributed by atoms with Crippen LogP contribution in [0.3, 0.4) is 0 Å². The van der Waals surface area contributed by atoms with Crippen LogP contribution in [0.25, 0.3) is 0 Å². The quantitative estimate of drug-likeness (QED) is 0.645. The molecule has 1 heterocycles. The van der Waals surface area contributed by atoms with Crippen LogP contribution in [0.2, 0.25) is 0 Å². The van der Waals surface area contributed by atoms with Crippen LogP contribution in [0.1, 0.15) is 52.9 Å². The normalized spacial score (nSPS) is 33.6. The Morgan fingerprint density at radius 3 is 2.35 bits per heavy atom. The Morgan fingerprint density at radius 1 is 1.18 bits per heavy atom. The van der Waals surface area contributed by atoms with E-state index < -0.39 is 0 Å². The zero-order chi connectivity index (χ0) is 12.5. The van der Waals surface area contributed by atoms with Gasteiger partial charge in [0, 0.05) is 18.8 Å². The molecule has 2 fully saturated rings. The standard InChI is InChI=1S/C15H26O2/c1-5-12-11-16-15(9-7-6-8-10-15)17-13(12)14(2,3)4/h5,12-13H,1,6-11H2,2-4H3/t12-,13-/m0/s1. The summed E-state index contributed by atoms with van der Waals surface area (Å²) in [5, 5.41) is 0. The zero-order valence-electron chi connectivity index (χ0n) is 11.5. The average Bonchev–Trinajstić information content (AvgIpc) is 2.29. The molecule has 0 N–H and O–H groups in total. The molecule has 0 aromatic carbocycles. The lowest BCUT2D eigenvalue weighted by Gasteiger charge is -2.50. The molecule has 2 rings (SSSR count). The lowest BCUT2D eigenvalue weighted by atomic mass is 9.79. The van der Waals surface area contributed by atoms with Crippen molar-refractivity contribution in [2.45, 2.75) is 64.8 Å². The number of ether oxygens (including phenoxy) is 2. The number of hydrogen-bond acceptors (Lipinski definition) is 2. The Labute approximate surface area is 105 Å². The molecule has 0 aromatic heterocycles. The van der Waals surface area contributed by atoms with Gasteiger partial charge in [-0.2, -0.15) is 0 Å². The molecule has 1 aliphatic heterocycles. The molecule has 2 heteroatoms. The van der Waals surface area contributed by atoms with E-state index in [2.05, 4.69) is 27.4 Å². The average molecular weight is 238 g/mol. The van der Waals surface area contributed by atoms with Crippen molar-refractivity contribution in [3.05, 3.63) is 12.7 Å². The third kappa shape index (κ3) is 2.74. The molecule has 0 unspecified atom stereocenters. The van der Waals surface area contributed by atoms with E-state index in [1.807, 2.05) is 6.08 Å². The van der Waals surface area contributed by atoms with Gasteiger partial charge in [-0.25, -0.2) is 0 Å².